The van der Waals surface area contributed by atoms with Gasteiger partial charge in [-0.25, -0.2) is 0 Å². The highest BCUT2D eigenvalue weighted by Gasteiger charge is 2.22. The Morgan fingerprint density at radius 3 is 2.55 bits per heavy atom. The fourth-order valence-electron chi connectivity index (χ4n) is 4.06. The van der Waals surface area contributed by atoms with Crippen molar-refractivity contribution in [1.82, 2.24) is 15.2 Å². The molecule has 1 fully saturated rings. The Kier molecular flexibility index (Phi) is 6.43. The first-order chi connectivity index (χ1) is 13.8. The maximum Gasteiger partial charge on any atom is 0.334 e. The van der Waals surface area contributed by atoms with Crippen LogP contribution in [-0.2, 0) is 13.1 Å². The van der Waals surface area contributed by atoms with Crippen molar-refractivity contribution in [2.45, 2.75) is 33.4 Å². The molecular formula is C21H26N4O4. The van der Waals surface area contributed by atoms with Gasteiger partial charge >= 0.3 is 11.2 Å². The number of likely N-dealkylation sites (tertiary alicyclic amines) is 1. The summed E-state index contributed by atoms with van der Waals surface area (Å²) in [6.07, 6.45) is 2.44. The quantitative estimate of drug-likeness (QED) is 0.574. The van der Waals surface area contributed by atoms with Crippen molar-refractivity contribution in [2.24, 2.45) is 11.8 Å². The highest BCUT2D eigenvalue weighted by atomic mass is 16.6. The van der Waals surface area contributed by atoms with Gasteiger partial charge in [0.2, 0.25) is 0 Å². The van der Waals surface area contributed by atoms with Gasteiger partial charge < -0.3 is 10.3 Å². The molecule has 1 amide bonds. The number of benzene rings is 1. The fraction of sp³-hybridized carbons (Fsp3) is 0.429. The molecule has 1 aromatic heterocycles. The summed E-state index contributed by atoms with van der Waals surface area (Å²) in [4.78, 5) is 38.7. The molecule has 0 saturated carbocycles. The van der Waals surface area contributed by atoms with E-state index in [4.69, 9.17) is 0 Å². The van der Waals surface area contributed by atoms with E-state index in [1.807, 2.05) is 18.2 Å². The Labute approximate surface area is 169 Å². The Morgan fingerprint density at radius 2 is 1.90 bits per heavy atom. The molecule has 0 spiro atoms. The van der Waals surface area contributed by atoms with Gasteiger partial charge in [-0.3, -0.25) is 24.6 Å². The molecule has 1 aliphatic heterocycles. The Bertz CT molecular complexity index is 946. The highest BCUT2D eigenvalue weighted by Crippen LogP contribution is 2.23. The molecular weight excluding hydrogens is 372 g/mol. The minimum Gasteiger partial charge on any atom is -0.348 e. The van der Waals surface area contributed by atoms with Crippen LogP contribution in [0.15, 0.2) is 41.3 Å². The van der Waals surface area contributed by atoms with E-state index in [-0.39, 0.29) is 5.56 Å². The predicted molar refractivity (Wildman–Crippen MR) is 110 cm³/mol. The van der Waals surface area contributed by atoms with Crippen LogP contribution in [-0.4, -0.2) is 33.8 Å². The van der Waals surface area contributed by atoms with Gasteiger partial charge in [-0.2, -0.15) is 0 Å². The number of piperidine rings is 1. The van der Waals surface area contributed by atoms with Crippen LogP contribution in [0, 0.1) is 22.0 Å². The van der Waals surface area contributed by atoms with Crippen molar-refractivity contribution in [3.63, 3.8) is 0 Å². The summed E-state index contributed by atoms with van der Waals surface area (Å²) in [7, 11) is 0. The Balaban J connectivity index is 1.68. The summed E-state index contributed by atoms with van der Waals surface area (Å²) in [5.74, 6) is 0.864. The number of nitrogens with one attached hydrogen (secondary N) is 2. The van der Waals surface area contributed by atoms with E-state index in [1.165, 1.54) is 12.6 Å². The molecule has 29 heavy (non-hydrogen) atoms. The fourth-order valence-corrected chi connectivity index (χ4v) is 4.06. The lowest BCUT2D eigenvalue weighted by Crippen LogP contribution is -2.38. The van der Waals surface area contributed by atoms with Crippen molar-refractivity contribution >= 4 is 11.6 Å². The van der Waals surface area contributed by atoms with Gasteiger partial charge in [0.15, 0.2) is 0 Å². The molecule has 154 valence electrons. The second-order valence-corrected chi connectivity index (χ2v) is 7.95. The number of carbonyl (C=O) groups is 1. The SMILES string of the molecule is CC1CC(C)CN(Cc2ccccc2CNC(=O)c2c[nH]c(=O)c([N+](=O)[O-])c2)C1. The normalized spacial score (nSPS) is 19.7. The highest BCUT2D eigenvalue weighted by molar-refractivity contribution is 5.94. The van der Waals surface area contributed by atoms with Gasteiger partial charge in [0.1, 0.15) is 0 Å². The molecule has 8 heteroatoms. The van der Waals surface area contributed by atoms with E-state index in [2.05, 4.69) is 35.1 Å². The zero-order chi connectivity index (χ0) is 21.0. The summed E-state index contributed by atoms with van der Waals surface area (Å²) in [5, 5.41) is 13.7. The van der Waals surface area contributed by atoms with Crippen LogP contribution in [0.1, 0.15) is 41.8 Å². The summed E-state index contributed by atoms with van der Waals surface area (Å²) >= 11 is 0. The number of amides is 1. The number of carbonyl (C=O) groups excluding carboxylic acids is 1. The molecule has 2 N–H and O–H groups in total. The summed E-state index contributed by atoms with van der Waals surface area (Å²) in [6, 6.07) is 8.95. The molecule has 1 aliphatic rings. The smallest absolute Gasteiger partial charge is 0.334 e. The number of nitro groups is 1. The summed E-state index contributed by atoms with van der Waals surface area (Å²) in [6.45, 7) is 7.81. The predicted octanol–water partition coefficient (Wildman–Crippen LogP) is 2.69. The number of aromatic nitrogens is 1. The van der Waals surface area contributed by atoms with Gasteiger partial charge in [-0.1, -0.05) is 38.1 Å². The van der Waals surface area contributed by atoms with Crippen molar-refractivity contribution < 1.29 is 9.72 Å². The van der Waals surface area contributed by atoms with Crippen LogP contribution in [0.3, 0.4) is 0 Å². The topological polar surface area (TPSA) is 108 Å². The van der Waals surface area contributed by atoms with Gasteiger partial charge in [-0.05, 0) is 29.4 Å². The van der Waals surface area contributed by atoms with E-state index in [9.17, 15) is 19.7 Å². The third-order valence-corrected chi connectivity index (χ3v) is 5.24. The standard InChI is InChI=1S/C21H26N4O4/c1-14-7-15(2)12-24(11-14)13-17-6-4-3-5-16(17)9-22-20(26)18-8-19(25(28)29)21(27)23-10-18/h3-6,8,10,14-15H,7,9,11-13H2,1-2H3,(H,22,26)(H,23,27). The first kappa shape index (κ1) is 20.7. The van der Waals surface area contributed by atoms with Crippen molar-refractivity contribution in [2.75, 3.05) is 13.1 Å². The van der Waals surface area contributed by atoms with E-state index < -0.39 is 22.1 Å². The van der Waals surface area contributed by atoms with Crippen molar-refractivity contribution in [3.8, 4) is 0 Å². The minimum atomic E-state index is -0.832. The molecule has 0 radical (unpaired) electrons. The maximum atomic E-state index is 12.4. The minimum absolute atomic E-state index is 0.0486. The van der Waals surface area contributed by atoms with Crippen LogP contribution in [0.5, 0.6) is 0 Å². The maximum absolute atomic E-state index is 12.4. The van der Waals surface area contributed by atoms with Crippen molar-refractivity contribution in [3.05, 3.63) is 73.7 Å². The van der Waals surface area contributed by atoms with Crippen LogP contribution in [0.4, 0.5) is 5.69 Å². The molecule has 3 rings (SSSR count). The van der Waals surface area contributed by atoms with Gasteiger partial charge in [0.05, 0.1) is 10.5 Å². The largest absolute Gasteiger partial charge is 0.348 e. The number of aromatic amines is 1. The number of hydrogen-bond acceptors (Lipinski definition) is 5. The molecule has 2 heterocycles. The average molecular weight is 398 g/mol. The summed E-state index contributed by atoms with van der Waals surface area (Å²) in [5.41, 5.74) is 0.730. The molecule has 0 aliphatic carbocycles. The first-order valence-corrected chi connectivity index (χ1v) is 9.78. The molecule has 2 atom stereocenters. The van der Waals surface area contributed by atoms with Crippen LogP contribution < -0.4 is 10.9 Å². The second-order valence-electron chi connectivity index (χ2n) is 7.95. The number of pyridine rings is 1. The average Bonchev–Trinajstić information content (AvgIpc) is 2.66. The zero-order valence-electron chi connectivity index (χ0n) is 16.7. The van der Waals surface area contributed by atoms with Gasteiger partial charge in [-0.15, -0.1) is 0 Å². The monoisotopic (exact) mass is 398 g/mol. The van der Waals surface area contributed by atoms with E-state index in [0.717, 1.165) is 36.8 Å². The molecule has 1 saturated heterocycles. The lowest BCUT2D eigenvalue weighted by molar-refractivity contribution is -0.386. The molecule has 2 unspecified atom stereocenters. The van der Waals surface area contributed by atoms with Gasteiger partial charge in [0.25, 0.3) is 5.91 Å². The lowest BCUT2D eigenvalue weighted by Gasteiger charge is -2.35. The van der Waals surface area contributed by atoms with E-state index in [1.54, 1.807) is 0 Å². The third kappa shape index (κ3) is 5.29. The number of nitrogens with zero attached hydrogens (tertiary/aromatic N) is 2. The molecule has 8 nitrogen and oxygen atoms in total. The van der Waals surface area contributed by atoms with Crippen LogP contribution in [0.2, 0.25) is 0 Å². The van der Waals surface area contributed by atoms with Crippen molar-refractivity contribution in [1.29, 1.82) is 0 Å². The van der Waals surface area contributed by atoms with E-state index >= 15 is 0 Å². The molecule has 1 aromatic carbocycles. The number of H-pyrrole nitrogens is 1. The van der Waals surface area contributed by atoms with Gasteiger partial charge in [0, 0.05) is 38.4 Å². The summed E-state index contributed by atoms with van der Waals surface area (Å²) < 4.78 is 0. The van der Waals surface area contributed by atoms with E-state index in [0.29, 0.717) is 18.4 Å². The van der Waals surface area contributed by atoms with Crippen LogP contribution >= 0.6 is 0 Å². The second kappa shape index (κ2) is 9.00. The zero-order valence-corrected chi connectivity index (χ0v) is 16.7. The number of hydrogen-bond donors (Lipinski definition) is 2. The van der Waals surface area contributed by atoms with Crippen LogP contribution in [0.25, 0.3) is 0 Å². The lowest BCUT2D eigenvalue weighted by atomic mass is 9.91. The third-order valence-electron chi connectivity index (χ3n) is 5.24. The number of rotatable bonds is 6. The molecule has 0 bridgehead atoms. The molecule has 2 aromatic rings. The Morgan fingerprint density at radius 1 is 1.24 bits per heavy atom. The first-order valence-electron chi connectivity index (χ1n) is 9.78. The Hall–Kier alpha value is -3.00.